The summed E-state index contributed by atoms with van der Waals surface area (Å²) in [5.74, 6) is 0. The zero-order chi connectivity index (χ0) is 30.6. The largest absolute Gasteiger partial charge is 0.374 e. The van der Waals surface area contributed by atoms with Crippen LogP contribution >= 0.6 is 0 Å². The third kappa shape index (κ3) is 8.79. The molecule has 4 aromatic carbocycles. The number of hydrogen-bond donors (Lipinski definition) is 0. The lowest BCUT2D eigenvalue weighted by molar-refractivity contribution is -0.384. The monoisotopic (exact) mass is 599 g/mol. The van der Waals surface area contributed by atoms with Crippen LogP contribution in [0, 0.1) is 10.1 Å². The van der Waals surface area contributed by atoms with Crippen LogP contribution in [0.15, 0.2) is 115 Å². The summed E-state index contributed by atoms with van der Waals surface area (Å²) < 4.78 is 38.0. The van der Waals surface area contributed by atoms with Gasteiger partial charge in [0.1, 0.15) is 24.4 Å². The highest BCUT2D eigenvalue weighted by Gasteiger charge is 2.48. The van der Waals surface area contributed by atoms with Crippen LogP contribution in [-0.4, -0.2) is 49.3 Å². The van der Waals surface area contributed by atoms with E-state index in [0.717, 1.165) is 22.3 Å². The van der Waals surface area contributed by atoms with E-state index in [-0.39, 0.29) is 18.9 Å². The maximum atomic E-state index is 11.0. The van der Waals surface area contributed by atoms with Crippen LogP contribution in [0.3, 0.4) is 0 Å². The number of benzene rings is 4. The molecule has 4 aromatic rings. The molecule has 1 aliphatic heterocycles. The molecule has 0 N–H and O–H groups in total. The van der Waals surface area contributed by atoms with Crippen LogP contribution < -0.4 is 0 Å². The zero-order valence-electron chi connectivity index (χ0n) is 24.6. The molecule has 5 atom stereocenters. The van der Waals surface area contributed by atoms with Gasteiger partial charge in [-0.05, 0) is 34.4 Å². The standard InChI is InChI=1S/C35H37NO8/c1-39-35-34(43-24-28-15-9-4-10-16-28)33(42-23-27-13-7-3-8-14-27)32(41-22-26-11-5-2-6-12-26)31(44-35)25-40-21-29-17-19-30(20-18-29)36(37)38/h2-20,31-35H,21-25H2,1H3/t31-,32-,33+,34-,35+/m1/s1. The second-order valence-electron chi connectivity index (χ2n) is 10.5. The first-order valence-electron chi connectivity index (χ1n) is 14.6. The van der Waals surface area contributed by atoms with Gasteiger partial charge in [-0.25, -0.2) is 0 Å². The van der Waals surface area contributed by atoms with Gasteiger partial charge in [0, 0.05) is 19.2 Å². The van der Waals surface area contributed by atoms with Gasteiger partial charge in [-0.3, -0.25) is 10.1 Å². The van der Waals surface area contributed by atoms with E-state index in [1.54, 1.807) is 19.2 Å². The van der Waals surface area contributed by atoms with Crippen molar-refractivity contribution in [3.05, 3.63) is 148 Å². The number of nitrogens with zero attached hydrogens (tertiary/aromatic N) is 1. The van der Waals surface area contributed by atoms with Crippen LogP contribution in [0.25, 0.3) is 0 Å². The maximum Gasteiger partial charge on any atom is 0.269 e. The van der Waals surface area contributed by atoms with E-state index in [1.165, 1.54) is 12.1 Å². The summed E-state index contributed by atoms with van der Waals surface area (Å²) in [4.78, 5) is 10.6. The van der Waals surface area contributed by atoms with E-state index in [0.29, 0.717) is 19.8 Å². The molecule has 9 nitrogen and oxygen atoms in total. The molecule has 0 aliphatic carbocycles. The predicted octanol–water partition coefficient (Wildman–Crippen LogP) is 6.24. The fourth-order valence-corrected chi connectivity index (χ4v) is 5.08. The van der Waals surface area contributed by atoms with Crippen molar-refractivity contribution in [2.45, 2.75) is 57.1 Å². The molecular weight excluding hydrogens is 562 g/mol. The highest BCUT2D eigenvalue weighted by atomic mass is 16.7. The van der Waals surface area contributed by atoms with Crippen LogP contribution in [0.5, 0.6) is 0 Å². The van der Waals surface area contributed by atoms with Gasteiger partial charge in [0.25, 0.3) is 5.69 Å². The van der Waals surface area contributed by atoms with Crippen LogP contribution in [0.2, 0.25) is 0 Å². The molecule has 230 valence electrons. The summed E-state index contributed by atoms with van der Waals surface area (Å²) in [6.45, 7) is 1.43. The highest BCUT2D eigenvalue weighted by Crippen LogP contribution is 2.31. The molecule has 0 spiro atoms. The van der Waals surface area contributed by atoms with Crippen molar-refractivity contribution in [2.24, 2.45) is 0 Å². The molecule has 0 unspecified atom stereocenters. The average molecular weight is 600 g/mol. The van der Waals surface area contributed by atoms with Gasteiger partial charge in [0.15, 0.2) is 6.29 Å². The fourth-order valence-electron chi connectivity index (χ4n) is 5.08. The van der Waals surface area contributed by atoms with Gasteiger partial charge in [-0.2, -0.15) is 0 Å². The molecule has 0 saturated carbocycles. The zero-order valence-corrected chi connectivity index (χ0v) is 24.6. The molecule has 0 radical (unpaired) electrons. The Balaban J connectivity index is 1.37. The molecule has 44 heavy (non-hydrogen) atoms. The Morgan fingerprint density at radius 3 is 1.55 bits per heavy atom. The summed E-state index contributed by atoms with van der Waals surface area (Å²) in [6, 6.07) is 36.0. The SMILES string of the molecule is CO[C@H]1O[C@H](COCc2ccc([N+](=O)[O-])cc2)[C@@H](OCc2ccccc2)[C@H](OCc2ccccc2)[C@H]1OCc1ccccc1. The first kappa shape index (κ1) is 31.5. The van der Waals surface area contributed by atoms with Gasteiger partial charge < -0.3 is 28.4 Å². The quantitative estimate of drug-likeness (QED) is 0.117. The van der Waals surface area contributed by atoms with E-state index in [1.807, 2.05) is 91.0 Å². The molecule has 0 bridgehead atoms. The van der Waals surface area contributed by atoms with Crippen molar-refractivity contribution < 1.29 is 33.3 Å². The molecule has 9 heteroatoms. The number of nitro groups is 1. The summed E-state index contributed by atoms with van der Waals surface area (Å²) >= 11 is 0. The van der Waals surface area contributed by atoms with E-state index in [4.69, 9.17) is 28.4 Å². The summed E-state index contributed by atoms with van der Waals surface area (Å²) in [6.07, 6.45) is -3.03. The minimum atomic E-state index is -0.746. The summed E-state index contributed by atoms with van der Waals surface area (Å²) in [5.41, 5.74) is 3.87. The second kappa shape index (κ2) is 16.2. The van der Waals surface area contributed by atoms with Gasteiger partial charge in [0.05, 0.1) is 38.0 Å². The molecule has 1 fully saturated rings. The number of rotatable bonds is 15. The van der Waals surface area contributed by atoms with Gasteiger partial charge in [0.2, 0.25) is 0 Å². The topological polar surface area (TPSA) is 98.5 Å². The lowest BCUT2D eigenvalue weighted by Crippen LogP contribution is -2.61. The molecule has 0 aromatic heterocycles. The Labute approximate surface area is 257 Å². The number of hydrogen-bond acceptors (Lipinski definition) is 8. The first-order valence-corrected chi connectivity index (χ1v) is 14.6. The lowest BCUT2D eigenvalue weighted by Gasteiger charge is -2.45. The maximum absolute atomic E-state index is 11.0. The van der Waals surface area contributed by atoms with Crippen molar-refractivity contribution in [1.29, 1.82) is 0 Å². The van der Waals surface area contributed by atoms with E-state index in [9.17, 15) is 10.1 Å². The smallest absolute Gasteiger partial charge is 0.269 e. The minimum absolute atomic E-state index is 0.0293. The van der Waals surface area contributed by atoms with Crippen molar-refractivity contribution in [2.75, 3.05) is 13.7 Å². The Morgan fingerprint density at radius 2 is 1.07 bits per heavy atom. The molecular formula is C35H37NO8. The fraction of sp³-hybridized carbons (Fsp3) is 0.314. The van der Waals surface area contributed by atoms with E-state index in [2.05, 4.69) is 0 Å². The van der Waals surface area contributed by atoms with Crippen molar-refractivity contribution in [1.82, 2.24) is 0 Å². The van der Waals surface area contributed by atoms with Crippen molar-refractivity contribution in [3.8, 4) is 0 Å². The minimum Gasteiger partial charge on any atom is -0.374 e. The van der Waals surface area contributed by atoms with Crippen molar-refractivity contribution in [3.63, 3.8) is 0 Å². The Hall–Kier alpha value is -3.96. The van der Waals surface area contributed by atoms with Crippen LogP contribution in [-0.2, 0) is 54.8 Å². The Kier molecular flexibility index (Phi) is 11.6. The Bertz CT molecular complexity index is 1410. The summed E-state index contributed by atoms with van der Waals surface area (Å²) in [5, 5.41) is 11.0. The highest BCUT2D eigenvalue weighted by molar-refractivity contribution is 5.32. The number of ether oxygens (including phenoxy) is 6. The number of non-ortho nitro benzene ring substituents is 1. The van der Waals surface area contributed by atoms with Crippen LogP contribution in [0.4, 0.5) is 5.69 Å². The lowest BCUT2D eigenvalue weighted by atomic mass is 9.97. The third-order valence-corrected chi connectivity index (χ3v) is 7.38. The van der Waals surface area contributed by atoms with Gasteiger partial charge in [-0.1, -0.05) is 91.0 Å². The molecule has 1 saturated heterocycles. The van der Waals surface area contributed by atoms with Crippen LogP contribution in [0.1, 0.15) is 22.3 Å². The first-order chi connectivity index (χ1) is 21.6. The van der Waals surface area contributed by atoms with Crippen molar-refractivity contribution >= 4 is 5.69 Å². The predicted molar refractivity (Wildman–Crippen MR) is 163 cm³/mol. The average Bonchev–Trinajstić information content (AvgIpc) is 3.07. The van der Waals surface area contributed by atoms with E-state index >= 15 is 0 Å². The number of methoxy groups -OCH3 is 1. The third-order valence-electron chi connectivity index (χ3n) is 7.38. The van der Waals surface area contributed by atoms with E-state index < -0.39 is 35.6 Å². The van der Waals surface area contributed by atoms with Gasteiger partial charge in [-0.15, -0.1) is 0 Å². The molecule has 0 amide bonds. The normalized spacial score (nSPS) is 21.6. The second-order valence-corrected chi connectivity index (χ2v) is 10.5. The van der Waals surface area contributed by atoms with Gasteiger partial charge >= 0.3 is 0 Å². The molecule has 5 rings (SSSR count). The molecule has 1 aliphatic rings. The Morgan fingerprint density at radius 1 is 0.614 bits per heavy atom. The summed E-state index contributed by atoms with van der Waals surface area (Å²) in [7, 11) is 1.58. The number of nitro benzene ring substituents is 1. The molecule has 1 heterocycles.